The van der Waals surface area contributed by atoms with Crippen LogP contribution < -0.4 is 15.2 Å². The number of aryl methyl sites for hydroxylation is 2. The molecule has 5 aromatic rings. The van der Waals surface area contributed by atoms with Crippen LogP contribution in [0.4, 0.5) is 5.69 Å². The fourth-order valence-corrected chi connectivity index (χ4v) is 4.65. The Kier molecular flexibility index (Phi) is 6.06. The highest BCUT2D eigenvalue weighted by Crippen LogP contribution is 2.30. The summed E-state index contributed by atoms with van der Waals surface area (Å²) in [7, 11) is 1.85. The monoisotopic (exact) mass is 480 g/mol. The van der Waals surface area contributed by atoms with Gasteiger partial charge < -0.3 is 14.2 Å². The minimum absolute atomic E-state index is 0.234. The number of carbonyl (C=O) groups excluding carboxylic acids is 1. The van der Waals surface area contributed by atoms with Crippen molar-refractivity contribution in [2.24, 2.45) is 7.05 Å². The van der Waals surface area contributed by atoms with E-state index in [9.17, 15) is 9.59 Å². The minimum Gasteiger partial charge on any atom is -0.494 e. The molecule has 36 heavy (non-hydrogen) atoms. The highest BCUT2D eigenvalue weighted by molar-refractivity contribution is 6.20. The van der Waals surface area contributed by atoms with Gasteiger partial charge in [-0.15, -0.1) is 0 Å². The molecule has 7 nitrogen and oxygen atoms in total. The molecule has 0 saturated carbocycles. The van der Waals surface area contributed by atoms with E-state index < -0.39 is 0 Å². The lowest BCUT2D eigenvalue weighted by Gasteiger charge is -2.22. The molecule has 0 radical (unpaired) electrons. The second-order valence-corrected chi connectivity index (χ2v) is 8.68. The lowest BCUT2D eigenvalue weighted by atomic mass is 10.1. The Morgan fingerprint density at radius 1 is 0.972 bits per heavy atom. The number of rotatable bonds is 6. The molecule has 0 aliphatic rings. The van der Waals surface area contributed by atoms with Crippen LogP contribution in [0.5, 0.6) is 5.75 Å². The van der Waals surface area contributed by atoms with Gasteiger partial charge in [0.1, 0.15) is 11.3 Å². The highest BCUT2D eigenvalue weighted by Gasteiger charge is 2.27. The van der Waals surface area contributed by atoms with Gasteiger partial charge in [0, 0.05) is 35.6 Å². The van der Waals surface area contributed by atoms with Crippen molar-refractivity contribution >= 4 is 33.4 Å². The van der Waals surface area contributed by atoms with Gasteiger partial charge in [-0.2, -0.15) is 9.78 Å². The van der Waals surface area contributed by atoms with Crippen LogP contribution in [-0.2, 0) is 7.05 Å². The number of ether oxygens (including phenoxy) is 1. The number of carbonyl (C=O) groups is 1. The summed E-state index contributed by atoms with van der Waals surface area (Å²) in [5.74, 6) is 0.469. The van der Waals surface area contributed by atoms with Crippen LogP contribution in [0.1, 0.15) is 29.9 Å². The maximum Gasteiger partial charge on any atom is 0.296 e. The van der Waals surface area contributed by atoms with Gasteiger partial charge in [-0.25, -0.2) is 0 Å². The van der Waals surface area contributed by atoms with E-state index in [-0.39, 0.29) is 17.2 Å². The van der Waals surface area contributed by atoms with E-state index in [2.05, 4.69) is 5.10 Å². The van der Waals surface area contributed by atoms with Gasteiger partial charge in [-0.1, -0.05) is 35.9 Å². The second kappa shape index (κ2) is 9.34. The number of para-hydroxylation sites is 1. The summed E-state index contributed by atoms with van der Waals surface area (Å²) >= 11 is 0. The van der Waals surface area contributed by atoms with Crippen molar-refractivity contribution in [1.82, 2.24) is 14.3 Å². The van der Waals surface area contributed by atoms with Crippen LogP contribution in [0.3, 0.4) is 0 Å². The van der Waals surface area contributed by atoms with Gasteiger partial charge in [0.05, 0.1) is 12.3 Å². The fourth-order valence-electron chi connectivity index (χ4n) is 4.65. The minimum atomic E-state index is -0.274. The van der Waals surface area contributed by atoms with E-state index in [0.717, 1.165) is 27.9 Å². The van der Waals surface area contributed by atoms with Crippen molar-refractivity contribution in [3.63, 3.8) is 0 Å². The van der Waals surface area contributed by atoms with Crippen LogP contribution in [0.15, 0.2) is 77.6 Å². The zero-order valence-corrected chi connectivity index (χ0v) is 20.9. The summed E-state index contributed by atoms with van der Waals surface area (Å²) in [6.07, 6.45) is 0. The molecule has 2 heterocycles. The van der Waals surface area contributed by atoms with Gasteiger partial charge in [-0.3, -0.25) is 9.59 Å². The van der Waals surface area contributed by atoms with Crippen LogP contribution in [0.2, 0.25) is 0 Å². The topological polar surface area (TPSA) is 69.4 Å². The van der Waals surface area contributed by atoms with Crippen LogP contribution in [-0.4, -0.2) is 33.4 Å². The van der Waals surface area contributed by atoms with Crippen molar-refractivity contribution in [1.29, 1.82) is 0 Å². The summed E-state index contributed by atoms with van der Waals surface area (Å²) < 4.78 is 8.74. The van der Waals surface area contributed by atoms with E-state index in [1.54, 1.807) is 4.90 Å². The standard InChI is InChI=1S/C29H28N4O3/c1-5-32(20-15-17-22(18-16-20)36-6-2)28(34)26-25-23-9-7-8-10-24(23)31(4)27(25)29(35)33(30-26)21-13-11-19(3)12-14-21/h7-18H,5-6H2,1-4H3. The second-order valence-electron chi connectivity index (χ2n) is 8.68. The molecule has 0 saturated heterocycles. The lowest BCUT2D eigenvalue weighted by molar-refractivity contribution is 0.0983. The Morgan fingerprint density at radius 2 is 1.67 bits per heavy atom. The largest absolute Gasteiger partial charge is 0.494 e. The molecule has 1 amide bonds. The smallest absolute Gasteiger partial charge is 0.296 e. The third-order valence-corrected chi connectivity index (χ3v) is 6.44. The molecule has 3 aromatic carbocycles. The van der Waals surface area contributed by atoms with Gasteiger partial charge in [0.15, 0.2) is 5.69 Å². The summed E-state index contributed by atoms with van der Waals surface area (Å²) in [6, 6.07) is 22.7. The van der Waals surface area contributed by atoms with Gasteiger partial charge >= 0.3 is 0 Å². The molecule has 0 N–H and O–H groups in total. The lowest BCUT2D eigenvalue weighted by Crippen LogP contribution is -2.34. The van der Waals surface area contributed by atoms with Crippen molar-refractivity contribution in [2.75, 3.05) is 18.1 Å². The fraction of sp³-hybridized carbons (Fsp3) is 0.207. The Bertz CT molecular complexity index is 1630. The van der Waals surface area contributed by atoms with Gasteiger partial charge in [0.25, 0.3) is 11.5 Å². The quantitative estimate of drug-likeness (QED) is 0.333. The molecule has 0 unspecified atom stereocenters. The maximum atomic E-state index is 14.1. The molecule has 0 aliphatic carbocycles. The van der Waals surface area contributed by atoms with E-state index in [1.807, 2.05) is 105 Å². The number of nitrogens with zero attached hydrogens (tertiary/aromatic N) is 4. The molecule has 0 fully saturated rings. The molecule has 0 bridgehead atoms. The first-order valence-electron chi connectivity index (χ1n) is 12.1. The summed E-state index contributed by atoms with van der Waals surface area (Å²) in [6.45, 7) is 6.84. The van der Waals surface area contributed by atoms with E-state index >= 15 is 0 Å². The van der Waals surface area contributed by atoms with Crippen molar-refractivity contribution < 1.29 is 9.53 Å². The third kappa shape index (κ3) is 3.82. The number of fused-ring (bicyclic) bond motifs is 3. The molecular formula is C29H28N4O3. The summed E-state index contributed by atoms with van der Waals surface area (Å²) in [5, 5.41) is 6.07. The first kappa shape index (κ1) is 23.4. The van der Waals surface area contributed by atoms with Gasteiger partial charge in [-0.05, 0) is 63.2 Å². The van der Waals surface area contributed by atoms with Crippen LogP contribution in [0.25, 0.3) is 27.5 Å². The van der Waals surface area contributed by atoms with E-state index in [0.29, 0.717) is 29.7 Å². The number of aromatic nitrogens is 3. The Morgan fingerprint density at radius 3 is 2.33 bits per heavy atom. The van der Waals surface area contributed by atoms with Crippen LogP contribution >= 0.6 is 0 Å². The molecular weight excluding hydrogens is 452 g/mol. The van der Waals surface area contributed by atoms with Gasteiger partial charge in [0.2, 0.25) is 0 Å². The summed E-state index contributed by atoms with van der Waals surface area (Å²) in [4.78, 5) is 29.5. The Labute approximate surface area is 209 Å². The number of hydrogen-bond donors (Lipinski definition) is 0. The highest BCUT2D eigenvalue weighted by atomic mass is 16.5. The van der Waals surface area contributed by atoms with E-state index in [4.69, 9.17) is 4.74 Å². The molecule has 0 spiro atoms. The normalized spacial score (nSPS) is 11.2. The predicted octanol–water partition coefficient (Wildman–Crippen LogP) is 5.25. The number of anilines is 1. The SMILES string of the molecule is CCOc1ccc(N(CC)C(=O)c2nn(-c3ccc(C)cc3)c(=O)c3c2c2ccccc2n3C)cc1. The number of amides is 1. The Hall–Kier alpha value is -4.39. The maximum absolute atomic E-state index is 14.1. The average molecular weight is 481 g/mol. The predicted molar refractivity (Wildman–Crippen MR) is 144 cm³/mol. The first-order chi connectivity index (χ1) is 17.4. The molecule has 5 rings (SSSR count). The van der Waals surface area contributed by atoms with Crippen molar-refractivity contribution in [3.8, 4) is 11.4 Å². The van der Waals surface area contributed by atoms with Crippen LogP contribution in [0, 0.1) is 6.92 Å². The zero-order valence-electron chi connectivity index (χ0n) is 20.9. The molecule has 0 atom stereocenters. The number of benzene rings is 3. The molecule has 182 valence electrons. The Balaban J connectivity index is 1.77. The average Bonchev–Trinajstić information content (AvgIpc) is 3.20. The summed E-state index contributed by atoms with van der Waals surface area (Å²) in [5.41, 5.74) is 3.68. The first-order valence-corrected chi connectivity index (χ1v) is 12.1. The molecule has 2 aromatic heterocycles. The molecule has 0 aliphatic heterocycles. The zero-order chi connectivity index (χ0) is 25.4. The third-order valence-electron chi connectivity index (χ3n) is 6.44. The number of hydrogen-bond acceptors (Lipinski definition) is 4. The van der Waals surface area contributed by atoms with E-state index in [1.165, 1.54) is 4.68 Å². The van der Waals surface area contributed by atoms with Crippen molar-refractivity contribution in [2.45, 2.75) is 20.8 Å². The van der Waals surface area contributed by atoms with Crippen molar-refractivity contribution in [3.05, 3.63) is 94.4 Å². The molecule has 7 heteroatoms.